The Balaban J connectivity index is 3.16. The summed E-state index contributed by atoms with van der Waals surface area (Å²) >= 11 is 1.57. The summed E-state index contributed by atoms with van der Waals surface area (Å²) in [6, 6.07) is 0. The number of nitrogens with zero attached hydrogens (tertiary/aromatic N) is 1. The van der Waals surface area contributed by atoms with Crippen LogP contribution in [0.1, 0.15) is 6.92 Å². The third-order valence-corrected chi connectivity index (χ3v) is 1.82. The Hall–Kier alpha value is -0.890. The second-order valence-electron chi connectivity index (χ2n) is 1.85. The molecule has 1 nitrogen and oxygen atoms in total. The molecule has 0 saturated carbocycles. The van der Waals surface area contributed by atoms with E-state index in [1.165, 1.54) is 0 Å². The first-order chi connectivity index (χ1) is 4.84. The Bertz CT molecular complexity index is 321. The van der Waals surface area contributed by atoms with Gasteiger partial charge in [-0.1, -0.05) is 18.7 Å². The van der Waals surface area contributed by atoms with Crippen molar-refractivity contribution in [2.75, 3.05) is 0 Å². The maximum atomic E-state index is 4.10. The summed E-state index contributed by atoms with van der Waals surface area (Å²) in [4.78, 5) is 4.10. The van der Waals surface area contributed by atoms with Crippen molar-refractivity contribution in [2.24, 2.45) is 0 Å². The molecule has 1 rings (SSSR count). The van der Waals surface area contributed by atoms with Crippen molar-refractivity contribution in [1.82, 2.24) is 4.98 Å². The van der Waals surface area contributed by atoms with Crippen LogP contribution in [0.2, 0.25) is 0 Å². The van der Waals surface area contributed by atoms with E-state index in [1.807, 2.05) is 25.2 Å². The molecule has 0 aliphatic carbocycles. The first-order valence-corrected chi connectivity index (χ1v) is 3.94. The van der Waals surface area contributed by atoms with E-state index in [0.717, 1.165) is 9.88 Å². The molecule has 2 heteroatoms. The highest BCUT2D eigenvalue weighted by Crippen LogP contribution is 1.75. The molecule has 0 saturated heterocycles. The highest BCUT2D eigenvalue weighted by Gasteiger charge is 1.80. The molecule has 0 N–H and O–H groups in total. The zero-order valence-electron chi connectivity index (χ0n) is 5.87. The van der Waals surface area contributed by atoms with Gasteiger partial charge >= 0.3 is 0 Å². The van der Waals surface area contributed by atoms with E-state index in [4.69, 9.17) is 0 Å². The molecular formula is C8H9NS. The van der Waals surface area contributed by atoms with Gasteiger partial charge in [-0.3, -0.25) is 0 Å². The molecule has 0 aliphatic rings. The van der Waals surface area contributed by atoms with Gasteiger partial charge in [0.25, 0.3) is 0 Å². The lowest BCUT2D eigenvalue weighted by atomic mass is 10.4. The van der Waals surface area contributed by atoms with Gasteiger partial charge < -0.3 is 0 Å². The van der Waals surface area contributed by atoms with E-state index >= 15 is 0 Å². The van der Waals surface area contributed by atoms with E-state index < -0.39 is 0 Å². The summed E-state index contributed by atoms with van der Waals surface area (Å²) in [5.41, 5.74) is 1.80. The Morgan fingerprint density at radius 1 is 1.70 bits per heavy atom. The van der Waals surface area contributed by atoms with Gasteiger partial charge in [0.15, 0.2) is 0 Å². The Morgan fingerprint density at radius 3 is 3.00 bits per heavy atom. The van der Waals surface area contributed by atoms with Crippen molar-refractivity contribution in [3.63, 3.8) is 0 Å². The molecule has 1 aromatic heterocycles. The number of thiazole rings is 1. The zero-order chi connectivity index (χ0) is 7.40. The van der Waals surface area contributed by atoms with E-state index in [9.17, 15) is 0 Å². The van der Waals surface area contributed by atoms with Crippen LogP contribution < -0.4 is 9.88 Å². The van der Waals surface area contributed by atoms with Crippen molar-refractivity contribution in [1.29, 1.82) is 0 Å². The van der Waals surface area contributed by atoms with Gasteiger partial charge in [0.2, 0.25) is 0 Å². The fourth-order valence-corrected chi connectivity index (χ4v) is 1.14. The fourth-order valence-electron chi connectivity index (χ4n) is 0.602. The number of hydrogen-bond donors (Lipinski definition) is 0. The molecule has 0 amide bonds. The highest BCUT2D eigenvalue weighted by molar-refractivity contribution is 7.07. The monoisotopic (exact) mass is 151 g/mol. The zero-order valence-corrected chi connectivity index (χ0v) is 6.69. The minimum atomic E-state index is 0.975. The molecule has 0 aliphatic heterocycles. The van der Waals surface area contributed by atoms with Crippen LogP contribution in [-0.2, 0) is 0 Å². The number of allylic oxidation sites excluding steroid dienone is 2. The normalized spacial score (nSPS) is 13.1. The molecule has 0 unspecified atom stereocenters. The largest absolute Gasteiger partial charge is 0.245 e. The number of hydrogen-bond acceptors (Lipinski definition) is 2. The first-order valence-electron chi connectivity index (χ1n) is 3.06. The minimum absolute atomic E-state index is 0.975. The van der Waals surface area contributed by atoms with E-state index in [-0.39, 0.29) is 0 Å². The third-order valence-electron chi connectivity index (χ3n) is 1.12. The molecule has 1 heterocycles. The number of rotatable bonds is 1. The van der Waals surface area contributed by atoms with Gasteiger partial charge in [0, 0.05) is 4.53 Å². The first kappa shape index (κ1) is 7.22. The second kappa shape index (κ2) is 3.32. The van der Waals surface area contributed by atoms with Gasteiger partial charge in [-0.15, -0.1) is 11.3 Å². The molecule has 0 fully saturated rings. The summed E-state index contributed by atoms with van der Waals surface area (Å²) in [5.74, 6) is 0. The predicted octanol–water partition coefficient (Wildman–Crippen LogP) is 0.910. The summed E-state index contributed by atoms with van der Waals surface area (Å²) in [5, 5.41) is 0.975. The van der Waals surface area contributed by atoms with E-state index in [1.54, 1.807) is 16.8 Å². The standard InChI is InChI=1S/C8H9NS/c1-3-4-5-8-7(2)10-6-9-8/h3-6H,2H2,1H3/b4-3-,8-5+. The quantitative estimate of drug-likeness (QED) is 0.581. The molecule has 0 atom stereocenters. The van der Waals surface area contributed by atoms with Crippen LogP contribution in [0.4, 0.5) is 0 Å². The third kappa shape index (κ3) is 1.54. The van der Waals surface area contributed by atoms with Crippen LogP contribution in [0.3, 0.4) is 0 Å². The fraction of sp³-hybridized carbons (Fsp3) is 0.125. The topological polar surface area (TPSA) is 12.9 Å². The van der Waals surface area contributed by atoms with Crippen molar-refractivity contribution in [2.45, 2.75) is 6.92 Å². The average Bonchev–Trinajstić information content (AvgIpc) is 2.31. The lowest BCUT2D eigenvalue weighted by Gasteiger charge is -1.70. The van der Waals surface area contributed by atoms with Crippen molar-refractivity contribution in [3.05, 3.63) is 27.5 Å². The lowest BCUT2D eigenvalue weighted by Crippen LogP contribution is -2.18. The van der Waals surface area contributed by atoms with E-state index in [2.05, 4.69) is 11.6 Å². The maximum absolute atomic E-state index is 4.10. The lowest BCUT2D eigenvalue weighted by molar-refractivity contribution is 1.32. The molecule has 1 aromatic rings. The Labute approximate surface area is 64.0 Å². The second-order valence-corrected chi connectivity index (χ2v) is 2.79. The summed E-state index contributed by atoms with van der Waals surface area (Å²) in [7, 11) is 0. The van der Waals surface area contributed by atoms with Crippen LogP contribution in [-0.4, -0.2) is 4.98 Å². The van der Waals surface area contributed by atoms with Crippen LogP contribution in [0.15, 0.2) is 17.7 Å². The summed E-state index contributed by atoms with van der Waals surface area (Å²) in [6.07, 6.45) is 5.89. The van der Waals surface area contributed by atoms with Gasteiger partial charge in [-0.05, 0) is 13.0 Å². The van der Waals surface area contributed by atoms with Crippen molar-refractivity contribution >= 4 is 24.0 Å². The van der Waals surface area contributed by atoms with Crippen LogP contribution >= 0.6 is 11.3 Å². The van der Waals surface area contributed by atoms with Gasteiger partial charge in [0.1, 0.15) is 0 Å². The predicted molar refractivity (Wildman–Crippen MR) is 46.2 cm³/mol. The van der Waals surface area contributed by atoms with E-state index in [0.29, 0.717) is 0 Å². The Kier molecular flexibility index (Phi) is 2.40. The number of aromatic nitrogens is 1. The van der Waals surface area contributed by atoms with Gasteiger partial charge in [-0.25, -0.2) is 4.98 Å². The molecule has 0 aromatic carbocycles. The van der Waals surface area contributed by atoms with Crippen LogP contribution in [0.25, 0.3) is 12.7 Å². The highest BCUT2D eigenvalue weighted by atomic mass is 32.1. The van der Waals surface area contributed by atoms with Gasteiger partial charge in [0.05, 0.1) is 10.9 Å². The maximum Gasteiger partial charge on any atom is 0.0805 e. The molecular weight excluding hydrogens is 142 g/mol. The summed E-state index contributed by atoms with van der Waals surface area (Å²) in [6.45, 7) is 5.80. The molecule has 10 heavy (non-hydrogen) atoms. The van der Waals surface area contributed by atoms with Crippen LogP contribution in [0, 0.1) is 0 Å². The SMILES string of the molecule is C=c1scn/c1=C/C=C\C. The molecule has 0 radical (unpaired) electrons. The molecule has 0 spiro atoms. The smallest absolute Gasteiger partial charge is 0.0805 e. The minimum Gasteiger partial charge on any atom is -0.245 e. The molecule has 52 valence electrons. The van der Waals surface area contributed by atoms with Crippen molar-refractivity contribution < 1.29 is 0 Å². The van der Waals surface area contributed by atoms with Gasteiger partial charge in [-0.2, -0.15) is 0 Å². The van der Waals surface area contributed by atoms with Crippen molar-refractivity contribution in [3.8, 4) is 0 Å². The molecule has 0 bridgehead atoms. The summed E-state index contributed by atoms with van der Waals surface area (Å²) < 4.78 is 1.03. The van der Waals surface area contributed by atoms with Crippen LogP contribution in [0.5, 0.6) is 0 Å². The Morgan fingerprint density at radius 2 is 2.50 bits per heavy atom. The average molecular weight is 151 g/mol.